The van der Waals surface area contributed by atoms with Gasteiger partial charge in [0, 0.05) is 19.0 Å². The summed E-state index contributed by atoms with van der Waals surface area (Å²) in [5.74, 6) is 1.45. The van der Waals surface area contributed by atoms with Crippen molar-refractivity contribution in [3.63, 3.8) is 0 Å². The standard InChI is InChI=1S/C16H19N7O2/c1-3-7-13-17-15(25-20-13)11-23-19-14(18-21-23)10-22(2)16(24)12-8-5-4-6-9-12/h4-6,8-9H,3,7,10-11H2,1-2H3. The molecule has 1 aromatic carbocycles. The Kier molecular flexibility index (Phi) is 5.12. The molecule has 3 rings (SSSR count). The molecule has 1 amide bonds. The first-order valence-corrected chi connectivity index (χ1v) is 8.04. The molecule has 9 nitrogen and oxygen atoms in total. The first-order chi connectivity index (χ1) is 12.2. The molecule has 0 saturated carbocycles. The maximum atomic E-state index is 12.3. The number of carbonyl (C=O) groups is 1. The van der Waals surface area contributed by atoms with Gasteiger partial charge in [-0.3, -0.25) is 4.79 Å². The molecule has 0 spiro atoms. The molecule has 0 radical (unpaired) electrons. The Balaban J connectivity index is 1.60. The number of aryl methyl sites for hydroxylation is 1. The summed E-state index contributed by atoms with van der Waals surface area (Å²) in [6, 6.07) is 9.06. The molecule has 25 heavy (non-hydrogen) atoms. The highest BCUT2D eigenvalue weighted by atomic mass is 16.5. The van der Waals surface area contributed by atoms with Crippen LogP contribution in [0.25, 0.3) is 0 Å². The van der Waals surface area contributed by atoms with Crippen LogP contribution in [0.15, 0.2) is 34.9 Å². The zero-order valence-electron chi connectivity index (χ0n) is 14.2. The lowest BCUT2D eigenvalue weighted by Gasteiger charge is -2.14. The number of tetrazole rings is 1. The number of rotatable bonds is 7. The van der Waals surface area contributed by atoms with Gasteiger partial charge in [0.1, 0.15) is 6.54 Å². The number of hydrogen-bond donors (Lipinski definition) is 0. The van der Waals surface area contributed by atoms with Gasteiger partial charge in [0.25, 0.3) is 5.91 Å². The van der Waals surface area contributed by atoms with Crippen LogP contribution in [-0.4, -0.2) is 48.2 Å². The maximum absolute atomic E-state index is 12.3. The number of hydrogen-bond acceptors (Lipinski definition) is 7. The molecule has 2 aromatic heterocycles. The molecule has 0 aliphatic carbocycles. The fraction of sp³-hybridized carbons (Fsp3) is 0.375. The molecule has 0 saturated heterocycles. The number of benzene rings is 1. The van der Waals surface area contributed by atoms with Crippen molar-refractivity contribution in [1.29, 1.82) is 0 Å². The Morgan fingerprint density at radius 2 is 2.04 bits per heavy atom. The number of aromatic nitrogens is 6. The van der Waals surface area contributed by atoms with Gasteiger partial charge in [0.05, 0.1) is 6.54 Å². The minimum atomic E-state index is -0.0990. The summed E-state index contributed by atoms with van der Waals surface area (Å²) < 4.78 is 5.15. The van der Waals surface area contributed by atoms with Crippen LogP contribution < -0.4 is 0 Å². The van der Waals surface area contributed by atoms with Crippen molar-refractivity contribution in [3.05, 3.63) is 53.4 Å². The molecule has 2 heterocycles. The summed E-state index contributed by atoms with van der Waals surface area (Å²) >= 11 is 0. The predicted molar refractivity (Wildman–Crippen MR) is 87.5 cm³/mol. The van der Waals surface area contributed by atoms with E-state index in [0.717, 1.165) is 12.8 Å². The van der Waals surface area contributed by atoms with Crippen LogP contribution in [0.4, 0.5) is 0 Å². The average molecular weight is 341 g/mol. The average Bonchev–Trinajstić information content (AvgIpc) is 3.25. The van der Waals surface area contributed by atoms with Crippen LogP contribution in [0.3, 0.4) is 0 Å². The van der Waals surface area contributed by atoms with E-state index < -0.39 is 0 Å². The van der Waals surface area contributed by atoms with Crippen molar-refractivity contribution < 1.29 is 9.32 Å². The van der Waals surface area contributed by atoms with Gasteiger partial charge in [-0.1, -0.05) is 30.3 Å². The zero-order chi connectivity index (χ0) is 17.6. The molecule has 9 heteroatoms. The molecule has 0 unspecified atom stereocenters. The van der Waals surface area contributed by atoms with Crippen molar-refractivity contribution in [3.8, 4) is 0 Å². The van der Waals surface area contributed by atoms with E-state index in [1.165, 1.54) is 4.80 Å². The fourth-order valence-electron chi connectivity index (χ4n) is 2.29. The van der Waals surface area contributed by atoms with Crippen molar-refractivity contribution in [2.24, 2.45) is 0 Å². The third kappa shape index (κ3) is 4.25. The Labute approximate surface area is 144 Å². The third-order valence-electron chi connectivity index (χ3n) is 3.50. The molecule has 0 fully saturated rings. The summed E-state index contributed by atoms with van der Waals surface area (Å²) in [5.41, 5.74) is 0.617. The fourth-order valence-corrected chi connectivity index (χ4v) is 2.29. The smallest absolute Gasteiger partial charge is 0.254 e. The van der Waals surface area contributed by atoms with Crippen LogP contribution in [0.2, 0.25) is 0 Å². The number of carbonyl (C=O) groups excluding carboxylic acids is 1. The van der Waals surface area contributed by atoms with E-state index in [-0.39, 0.29) is 19.0 Å². The molecule has 0 bridgehead atoms. The van der Waals surface area contributed by atoms with Gasteiger partial charge in [-0.05, 0) is 23.8 Å². The van der Waals surface area contributed by atoms with Crippen molar-refractivity contribution in [2.45, 2.75) is 32.9 Å². The second-order valence-corrected chi connectivity index (χ2v) is 5.62. The molecular weight excluding hydrogens is 322 g/mol. The summed E-state index contributed by atoms with van der Waals surface area (Å²) in [6.07, 6.45) is 1.72. The first-order valence-electron chi connectivity index (χ1n) is 8.04. The van der Waals surface area contributed by atoms with Gasteiger partial charge in [-0.15, -0.1) is 10.2 Å². The SMILES string of the molecule is CCCc1noc(Cn2nnc(CN(C)C(=O)c3ccccc3)n2)n1. The summed E-state index contributed by atoms with van der Waals surface area (Å²) in [7, 11) is 1.70. The van der Waals surface area contributed by atoms with Crippen LogP contribution in [0.1, 0.15) is 41.2 Å². The van der Waals surface area contributed by atoms with Gasteiger partial charge in [0.15, 0.2) is 11.6 Å². The van der Waals surface area contributed by atoms with E-state index in [1.807, 2.05) is 18.2 Å². The Morgan fingerprint density at radius 1 is 1.24 bits per heavy atom. The Bertz CT molecular complexity index is 828. The van der Waals surface area contributed by atoms with Crippen molar-refractivity contribution in [1.82, 2.24) is 35.2 Å². The summed E-state index contributed by atoms with van der Waals surface area (Å²) in [4.78, 5) is 19.5. The highest BCUT2D eigenvalue weighted by molar-refractivity contribution is 5.93. The topological polar surface area (TPSA) is 103 Å². The van der Waals surface area contributed by atoms with Crippen molar-refractivity contribution in [2.75, 3.05) is 7.05 Å². The van der Waals surface area contributed by atoms with E-state index in [9.17, 15) is 4.79 Å². The van der Waals surface area contributed by atoms with Gasteiger partial charge >= 0.3 is 0 Å². The Hall–Kier alpha value is -3.10. The van der Waals surface area contributed by atoms with Gasteiger partial charge in [0.2, 0.25) is 5.89 Å². The normalized spacial score (nSPS) is 10.8. The molecule has 0 N–H and O–H groups in total. The quantitative estimate of drug-likeness (QED) is 0.638. The first kappa shape index (κ1) is 16.7. The highest BCUT2D eigenvalue weighted by Gasteiger charge is 2.15. The molecule has 0 aliphatic heterocycles. The predicted octanol–water partition coefficient (Wildman–Crippen LogP) is 1.33. The van der Waals surface area contributed by atoms with Crippen molar-refractivity contribution >= 4 is 5.91 Å². The largest absolute Gasteiger partial charge is 0.337 e. The van der Waals surface area contributed by atoms with Gasteiger partial charge in [-0.2, -0.15) is 9.78 Å². The van der Waals surface area contributed by atoms with E-state index in [0.29, 0.717) is 23.1 Å². The molecule has 0 atom stereocenters. The monoisotopic (exact) mass is 341 g/mol. The summed E-state index contributed by atoms with van der Waals surface area (Å²) in [5, 5.41) is 16.1. The Morgan fingerprint density at radius 3 is 2.80 bits per heavy atom. The van der Waals surface area contributed by atoms with Gasteiger partial charge in [-0.25, -0.2) is 0 Å². The van der Waals surface area contributed by atoms with E-state index >= 15 is 0 Å². The third-order valence-corrected chi connectivity index (χ3v) is 3.50. The molecule has 0 aliphatic rings. The van der Waals surface area contributed by atoms with Crippen LogP contribution in [-0.2, 0) is 19.5 Å². The number of nitrogens with zero attached hydrogens (tertiary/aromatic N) is 7. The highest BCUT2D eigenvalue weighted by Crippen LogP contribution is 2.06. The van der Waals surface area contributed by atoms with Crippen LogP contribution >= 0.6 is 0 Å². The van der Waals surface area contributed by atoms with Crippen LogP contribution in [0, 0.1) is 0 Å². The molecular formula is C16H19N7O2. The second kappa shape index (κ2) is 7.65. The summed E-state index contributed by atoms with van der Waals surface area (Å²) in [6.45, 7) is 2.56. The minimum absolute atomic E-state index is 0.0990. The zero-order valence-corrected chi connectivity index (χ0v) is 14.2. The van der Waals surface area contributed by atoms with E-state index in [2.05, 4.69) is 32.5 Å². The lowest BCUT2D eigenvalue weighted by molar-refractivity contribution is 0.0781. The molecule has 3 aromatic rings. The minimum Gasteiger partial charge on any atom is -0.337 e. The molecule has 130 valence electrons. The van der Waals surface area contributed by atoms with E-state index in [4.69, 9.17) is 4.52 Å². The lowest BCUT2D eigenvalue weighted by Crippen LogP contribution is -2.26. The number of amides is 1. The lowest BCUT2D eigenvalue weighted by atomic mass is 10.2. The maximum Gasteiger partial charge on any atom is 0.254 e. The van der Waals surface area contributed by atoms with E-state index in [1.54, 1.807) is 24.1 Å². The second-order valence-electron chi connectivity index (χ2n) is 5.62. The van der Waals surface area contributed by atoms with Gasteiger partial charge < -0.3 is 9.42 Å². The van der Waals surface area contributed by atoms with Crippen LogP contribution in [0.5, 0.6) is 0 Å².